The van der Waals surface area contributed by atoms with Crippen LogP contribution in [0.1, 0.15) is 38.8 Å². The van der Waals surface area contributed by atoms with Gasteiger partial charge in [0, 0.05) is 40.8 Å². The van der Waals surface area contributed by atoms with Crippen LogP contribution >= 0.6 is 0 Å². The molecule has 0 saturated heterocycles. The van der Waals surface area contributed by atoms with Crippen molar-refractivity contribution in [3.63, 3.8) is 0 Å². The molecule has 0 amide bonds. The molecule has 7 heteroatoms. The van der Waals surface area contributed by atoms with Crippen LogP contribution in [0.3, 0.4) is 0 Å². The van der Waals surface area contributed by atoms with Crippen LogP contribution in [0.15, 0.2) is 66.6 Å². The van der Waals surface area contributed by atoms with Crippen LogP contribution in [-0.2, 0) is 6.54 Å². The Labute approximate surface area is 208 Å². The minimum atomic E-state index is -0.581. The topological polar surface area (TPSA) is 76.0 Å². The second-order valence-electron chi connectivity index (χ2n) is 8.38. The number of carbonyl (C=O) groups is 2. The zero-order valence-electron chi connectivity index (χ0n) is 20.5. The molecule has 1 aliphatic heterocycles. The summed E-state index contributed by atoms with van der Waals surface area (Å²) in [6.07, 6.45) is 3.78. The first kappa shape index (κ1) is 23.2. The Morgan fingerprint density at radius 1 is 1.03 bits per heavy atom. The van der Waals surface area contributed by atoms with Crippen LogP contribution < -0.4 is 18.9 Å². The van der Waals surface area contributed by atoms with Crippen LogP contribution in [0.2, 0.25) is 0 Å². The van der Waals surface area contributed by atoms with Crippen LogP contribution in [0.4, 0.5) is 0 Å². The van der Waals surface area contributed by atoms with E-state index in [1.165, 1.54) is 14.2 Å². The van der Waals surface area contributed by atoms with Gasteiger partial charge in [-0.3, -0.25) is 4.79 Å². The molecule has 2 heterocycles. The smallest absolute Gasteiger partial charge is 0.343 e. The number of aryl methyl sites for hydroxylation is 1. The van der Waals surface area contributed by atoms with Gasteiger partial charge in [0.15, 0.2) is 5.76 Å². The molecule has 0 radical (unpaired) electrons. The third-order valence-electron chi connectivity index (χ3n) is 6.27. The average molecular weight is 484 g/mol. The Balaban J connectivity index is 1.45. The van der Waals surface area contributed by atoms with Gasteiger partial charge >= 0.3 is 5.97 Å². The first-order chi connectivity index (χ1) is 17.4. The molecule has 0 saturated carbocycles. The van der Waals surface area contributed by atoms with Crippen LogP contribution in [0, 0.1) is 6.92 Å². The maximum atomic E-state index is 13.1. The summed E-state index contributed by atoms with van der Waals surface area (Å²) in [4.78, 5) is 26.0. The lowest BCUT2D eigenvalue weighted by Gasteiger charge is -2.11. The predicted octanol–water partition coefficient (Wildman–Crippen LogP) is 5.82. The van der Waals surface area contributed by atoms with E-state index in [1.807, 2.05) is 24.4 Å². The Morgan fingerprint density at radius 2 is 1.75 bits per heavy atom. The first-order valence-corrected chi connectivity index (χ1v) is 11.5. The Morgan fingerprint density at radius 3 is 2.44 bits per heavy atom. The highest BCUT2D eigenvalue weighted by molar-refractivity contribution is 6.15. The van der Waals surface area contributed by atoms with Crippen molar-refractivity contribution in [1.29, 1.82) is 0 Å². The molecule has 4 aromatic rings. The third-order valence-corrected chi connectivity index (χ3v) is 6.27. The lowest BCUT2D eigenvalue weighted by molar-refractivity contribution is 0.0732. The summed E-state index contributed by atoms with van der Waals surface area (Å²) in [7, 11) is 3.02. The molecule has 7 nitrogen and oxygen atoms in total. The lowest BCUT2D eigenvalue weighted by atomic mass is 10.1. The number of para-hydroxylation sites is 1. The number of hydrogen-bond donors (Lipinski definition) is 0. The minimum Gasteiger partial charge on any atom is -0.497 e. The summed E-state index contributed by atoms with van der Waals surface area (Å²) in [6, 6.07) is 16.1. The van der Waals surface area contributed by atoms with E-state index >= 15 is 0 Å². The molecule has 0 N–H and O–H groups in total. The van der Waals surface area contributed by atoms with Crippen molar-refractivity contribution in [3.05, 3.63) is 88.8 Å². The molecule has 0 bridgehead atoms. The number of allylic oxidation sites excluding steroid dienone is 1. The molecule has 5 rings (SSSR count). The highest BCUT2D eigenvalue weighted by Crippen LogP contribution is 2.40. The summed E-state index contributed by atoms with van der Waals surface area (Å²) >= 11 is 0. The van der Waals surface area contributed by atoms with E-state index in [-0.39, 0.29) is 17.1 Å². The second kappa shape index (κ2) is 9.26. The molecule has 182 valence electrons. The molecule has 0 aliphatic carbocycles. The summed E-state index contributed by atoms with van der Waals surface area (Å²) in [5, 5.41) is 1.04. The van der Waals surface area contributed by atoms with Gasteiger partial charge in [-0.25, -0.2) is 4.79 Å². The number of carbonyl (C=O) groups excluding carboxylic acids is 2. The highest BCUT2D eigenvalue weighted by Gasteiger charge is 2.31. The average Bonchev–Trinajstić information content (AvgIpc) is 3.43. The maximum Gasteiger partial charge on any atom is 0.343 e. The monoisotopic (exact) mass is 483 g/mol. The van der Waals surface area contributed by atoms with Gasteiger partial charge in [0.25, 0.3) is 0 Å². The summed E-state index contributed by atoms with van der Waals surface area (Å²) in [5.74, 6) is 1.07. The van der Waals surface area contributed by atoms with Crippen molar-refractivity contribution < 1.29 is 28.5 Å². The fourth-order valence-corrected chi connectivity index (χ4v) is 4.36. The van der Waals surface area contributed by atoms with E-state index in [0.717, 1.165) is 23.0 Å². The van der Waals surface area contributed by atoms with E-state index in [0.29, 0.717) is 34.1 Å². The van der Waals surface area contributed by atoms with Gasteiger partial charge in [-0.05, 0) is 50.3 Å². The molecular weight excluding hydrogens is 458 g/mol. The van der Waals surface area contributed by atoms with Gasteiger partial charge in [-0.2, -0.15) is 0 Å². The molecule has 1 aliphatic rings. The predicted molar refractivity (Wildman–Crippen MR) is 136 cm³/mol. The normalized spacial score (nSPS) is 13.6. The number of aromatic nitrogens is 1. The molecule has 3 aromatic carbocycles. The zero-order chi connectivity index (χ0) is 25.4. The summed E-state index contributed by atoms with van der Waals surface area (Å²) < 4.78 is 24.3. The van der Waals surface area contributed by atoms with Crippen molar-refractivity contribution >= 4 is 28.7 Å². The molecular formula is C29H25NO6. The quantitative estimate of drug-likeness (QED) is 0.195. The van der Waals surface area contributed by atoms with Gasteiger partial charge in [0.1, 0.15) is 23.0 Å². The largest absolute Gasteiger partial charge is 0.497 e. The van der Waals surface area contributed by atoms with Gasteiger partial charge < -0.3 is 23.5 Å². The van der Waals surface area contributed by atoms with Gasteiger partial charge in [-0.1, -0.05) is 18.2 Å². The molecule has 0 spiro atoms. The standard InChI is InChI=1S/C29H25NO6/c1-5-30-16-19(22-8-6-7-9-24(22)30)14-26-27(31)23-10-11-25(17(2)28(23)35-26)36-29(32)18-12-20(33-3)15-21(13-18)34-4/h6-16H,5H2,1-4H3/b26-14+. The van der Waals surface area contributed by atoms with E-state index in [4.69, 9.17) is 18.9 Å². The molecule has 0 fully saturated rings. The molecule has 1 aromatic heterocycles. The summed E-state index contributed by atoms with van der Waals surface area (Å²) in [6.45, 7) is 4.64. The number of ether oxygens (including phenoxy) is 4. The maximum absolute atomic E-state index is 13.1. The van der Waals surface area contributed by atoms with Crippen molar-refractivity contribution in [2.45, 2.75) is 20.4 Å². The van der Waals surface area contributed by atoms with Gasteiger partial charge in [-0.15, -0.1) is 0 Å². The number of fused-ring (bicyclic) bond motifs is 2. The summed E-state index contributed by atoms with van der Waals surface area (Å²) in [5.41, 5.74) is 3.26. The number of rotatable bonds is 6. The van der Waals surface area contributed by atoms with E-state index in [1.54, 1.807) is 43.3 Å². The first-order valence-electron chi connectivity index (χ1n) is 11.5. The van der Waals surface area contributed by atoms with Crippen molar-refractivity contribution in [1.82, 2.24) is 4.57 Å². The number of benzene rings is 3. The number of hydrogen-bond acceptors (Lipinski definition) is 6. The van der Waals surface area contributed by atoms with Gasteiger partial charge in [0.2, 0.25) is 5.78 Å². The van der Waals surface area contributed by atoms with Crippen LogP contribution in [-0.4, -0.2) is 30.5 Å². The number of Topliss-reactive ketones (excluding diaryl/α,β-unsaturated/α-hetero) is 1. The Kier molecular flexibility index (Phi) is 5.98. The van der Waals surface area contributed by atoms with E-state index in [9.17, 15) is 9.59 Å². The Hall–Kier alpha value is -4.52. The second-order valence-corrected chi connectivity index (χ2v) is 8.38. The fourth-order valence-electron chi connectivity index (χ4n) is 4.36. The fraction of sp³-hybridized carbons (Fsp3) is 0.172. The lowest BCUT2D eigenvalue weighted by Crippen LogP contribution is -2.10. The minimum absolute atomic E-state index is 0.211. The van der Waals surface area contributed by atoms with E-state index < -0.39 is 5.97 Å². The number of esters is 1. The Bertz CT molecular complexity index is 1520. The zero-order valence-corrected chi connectivity index (χ0v) is 20.5. The van der Waals surface area contributed by atoms with Crippen molar-refractivity contribution in [2.24, 2.45) is 0 Å². The van der Waals surface area contributed by atoms with Crippen molar-refractivity contribution in [3.8, 4) is 23.0 Å². The number of ketones is 1. The highest BCUT2D eigenvalue weighted by atomic mass is 16.5. The van der Waals surface area contributed by atoms with E-state index in [2.05, 4.69) is 17.6 Å². The molecule has 0 unspecified atom stereocenters. The van der Waals surface area contributed by atoms with Crippen LogP contribution in [0.25, 0.3) is 17.0 Å². The van der Waals surface area contributed by atoms with Crippen LogP contribution in [0.5, 0.6) is 23.0 Å². The number of nitrogens with zero attached hydrogens (tertiary/aromatic N) is 1. The third kappa shape index (κ3) is 3.98. The number of methoxy groups -OCH3 is 2. The van der Waals surface area contributed by atoms with Crippen molar-refractivity contribution in [2.75, 3.05) is 14.2 Å². The molecule has 0 atom stereocenters. The van der Waals surface area contributed by atoms with Gasteiger partial charge in [0.05, 0.1) is 25.3 Å². The SMILES string of the molecule is CCn1cc(/C=C2/Oc3c(ccc(OC(=O)c4cc(OC)cc(OC)c4)c3C)C2=O)c2ccccc21. The molecule has 36 heavy (non-hydrogen) atoms.